The molecule has 0 bridgehead atoms. The molecule has 0 unspecified atom stereocenters. The number of likely N-dealkylation sites (N-methyl/N-ethyl adjacent to an activating group) is 1. The Kier molecular flexibility index (Phi) is 5.06. The molecule has 2 aromatic carbocycles. The molecule has 0 spiro atoms. The average molecular weight is 382 g/mol. The Hall–Kier alpha value is -3.22. The molecule has 2 heterocycles. The van der Waals surface area contributed by atoms with Gasteiger partial charge in [-0.1, -0.05) is 30.3 Å². The molecule has 146 valence electrons. The smallest absolute Gasteiger partial charge is 0.257 e. The predicted molar refractivity (Wildman–Crippen MR) is 102 cm³/mol. The molecule has 0 aliphatic carbocycles. The third-order valence-electron chi connectivity index (χ3n) is 4.90. The number of ether oxygens (including phenoxy) is 3. The fraction of sp³-hybridized carbons (Fsp3) is 0.333. The number of carbonyl (C=O) groups excluding carboxylic acids is 2. The van der Waals surface area contributed by atoms with E-state index in [1.54, 1.807) is 11.9 Å². The van der Waals surface area contributed by atoms with Gasteiger partial charge in [0.15, 0.2) is 18.1 Å². The van der Waals surface area contributed by atoms with E-state index < -0.39 is 0 Å². The number of nitrogens with one attached hydrogen (secondary N) is 1. The van der Waals surface area contributed by atoms with E-state index >= 15 is 0 Å². The van der Waals surface area contributed by atoms with Gasteiger partial charge in [0.05, 0.1) is 5.56 Å². The van der Waals surface area contributed by atoms with Crippen LogP contribution in [-0.2, 0) is 17.6 Å². The Morgan fingerprint density at radius 2 is 2.07 bits per heavy atom. The maximum atomic E-state index is 12.7. The molecular weight excluding hydrogens is 360 g/mol. The molecule has 2 aliphatic heterocycles. The van der Waals surface area contributed by atoms with Gasteiger partial charge < -0.3 is 24.4 Å². The molecule has 0 aromatic heterocycles. The van der Waals surface area contributed by atoms with Crippen molar-refractivity contribution in [2.45, 2.75) is 12.8 Å². The van der Waals surface area contributed by atoms with Crippen molar-refractivity contribution < 1.29 is 23.8 Å². The van der Waals surface area contributed by atoms with Crippen LogP contribution in [-0.4, -0.2) is 50.3 Å². The van der Waals surface area contributed by atoms with Crippen molar-refractivity contribution in [2.75, 3.05) is 33.5 Å². The SMILES string of the molecule is CN1CCc2cc3c(c(OCC(=O)NCCc4ccccc4)c2C1=O)OCO3. The van der Waals surface area contributed by atoms with Gasteiger partial charge in [-0.05, 0) is 30.0 Å². The predicted octanol–water partition coefficient (Wildman–Crippen LogP) is 1.78. The maximum absolute atomic E-state index is 12.7. The van der Waals surface area contributed by atoms with Crippen LogP contribution in [0.4, 0.5) is 0 Å². The lowest BCUT2D eigenvalue weighted by atomic mass is 9.97. The molecular formula is C21H22N2O5. The molecule has 1 N–H and O–H groups in total. The van der Waals surface area contributed by atoms with Crippen LogP contribution in [0.2, 0.25) is 0 Å². The van der Waals surface area contributed by atoms with Gasteiger partial charge in [-0.3, -0.25) is 9.59 Å². The van der Waals surface area contributed by atoms with Crippen LogP contribution in [0.3, 0.4) is 0 Å². The minimum Gasteiger partial charge on any atom is -0.479 e. The van der Waals surface area contributed by atoms with Crippen LogP contribution >= 0.6 is 0 Å². The Balaban J connectivity index is 1.44. The van der Waals surface area contributed by atoms with E-state index in [0.29, 0.717) is 42.3 Å². The van der Waals surface area contributed by atoms with Gasteiger partial charge in [-0.25, -0.2) is 0 Å². The van der Waals surface area contributed by atoms with Crippen LogP contribution in [0.25, 0.3) is 0 Å². The van der Waals surface area contributed by atoms with Gasteiger partial charge in [0.25, 0.3) is 11.8 Å². The highest BCUT2D eigenvalue weighted by molar-refractivity contribution is 6.01. The molecule has 7 heteroatoms. The highest BCUT2D eigenvalue weighted by atomic mass is 16.7. The van der Waals surface area contributed by atoms with E-state index in [1.807, 2.05) is 36.4 Å². The minimum absolute atomic E-state index is 0.0713. The number of hydrogen-bond acceptors (Lipinski definition) is 5. The molecule has 4 rings (SSSR count). The second-order valence-electron chi connectivity index (χ2n) is 6.82. The molecule has 0 saturated carbocycles. The third-order valence-corrected chi connectivity index (χ3v) is 4.90. The van der Waals surface area contributed by atoms with Crippen LogP contribution in [0.5, 0.6) is 17.2 Å². The van der Waals surface area contributed by atoms with Crippen molar-refractivity contribution >= 4 is 11.8 Å². The van der Waals surface area contributed by atoms with Crippen LogP contribution in [0.15, 0.2) is 36.4 Å². The first-order valence-corrected chi connectivity index (χ1v) is 9.28. The number of hydrogen-bond donors (Lipinski definition) is 1. The summed E-state index contributed by atoms with van der Waals surface area (Å²) in [6.07, 6.45) is 1.44. The van der Waals surface area contributed by atoms with Crippen molar-refractivity contribution in [3.63, 3.8) is 0 Å². The molecule has 28 heavy (non-hydrogen) atoms. The van der Waals surface area contributed by atoms with Gasteiger partial charge in [0, 0.05) is 20.1 Å². The molecule has 2 aromatic rings. The first-order chi connectivity index (χ1) is 13.6. The van der Waals surface area contributed by atoms with Crippen molar-refractivity contribution in [2.24, 2.45) is 0 Å². The highest BCUT2D eigenvalue weighted by Crippen LogP contribution is 2.46. The van der Waals surface area contributed by atoms with E-state index in [9.17, 15) is 9.59 Å². The van der Waals surface area contributed by atoms with Crippen LogP contribution < -0.4 is 19.5 Å². The molecule has 0 atom stereocenters. The molecule has 0 saturated heterocycles. The molecule has 2 amide bonds. The zero-order chi connectivity index (χ0) is 19.5. The summed E-state index contributed by atoms with van der Waals surface area (Å²) in [7, 11) is 1.75. The summed E-state index contributed by atoms with van der Waals surface area (Å²) >= 11 is 0. The van der Waals surface area contributed by atoms with E-state index in [-0.39, 0.29) is 25.2 Å². The Morgan fingerprint density at radius 3 is 2.89 bits per heavy atom. The Labute approximate surface area is 163 Å². The summed E-state index contributed by atoms with van der Waals surface area (Å²) < 4.78 is 16.7. The number of fused-ring (bicyclic) bond motifs is 2. The summed E-state index contributed by atoms with van der Waals surface area (Å²) in [4.78, 5) is 26.5. The molecule has 0 radical (unpaired) electrons. The van der Waals surface area contributed by atoms with E-state index in [1.165, 1.54) is 0 Å². The number of nitrogens with zero attached hydrogens (tertiary/aromatic N) is 1. The number of benzene rings is 2. The lowest BCUT2D eigenvalue weighted by molar-refractivity contribution is -0.123. The van der Waals surface area contributed by atoms with Crippen molar-refractivity contribution in [3.05, 3.63) is 53.1 Å². The molecule has 0 fully saturated rings. The van der Waals surface area contributed by atoms with Crippen molar-refractivity contribution in [1.29, 1.82) is 0 Å². The fourth-order valence-corrected chi connectivity index (χ4v) is 3.39. The highest BCUT2D eigenvalue weighted by Gasteiger charge is 2.33. The normalized spacial score (nSPS) is 14.6. The van der Waals surface area contributed by atoms with Crippen LogP contribution in [0.1, 0.15) is 21.5 Å². The lowest BCUT2D eigenvalue weighted by Crippen LogP contribution is -2.35. The second-order valence-corrected chi connectivity index (χ2v) is 6.82. The fourth-order valence-electron chi connectivity index (χ4n) is 3.39. The van der Waals surface area contributed by atoms with Crippen LogP contribution in [0, 0.1) is 0 Å². The largest absolute Gasteiger partial charge is 0.479 e. The summed E-state index contributed by atoms with van der Waals surface area (Å²) in [6.45, 7) is 1.02. The monoisotopic (exact) mass is 382 g/mol. The number of amides is 2. The van der Waals surface area contributed by atoms with Crippen molar-refractivity contribution in [1.82, 2.24) is 10.2 Å². The number of rotatable bonds is 6. The first-order valence-electron chi connectivity index (χ1n) is 9.28. The Morgan fingerprint density at radius 1 is 1.25 bits per heavy atom. The van der Waals surface area contributed by atoms with Gasteiger partial charge >= 0.3 is 0 Å². The average Bonchev–Trinajstić information content (AvgIpc) is 3.17. The third kappa shape index (κ3) is 3.60. The summed E-state index contributed by atoms with van der Waals surface area (Å²) in [5.74, 6) is 0.840. The zero-order valence-electron chi connectivity index (χ0n) is 15.7. The summed E-state index contributed by atoms with van der Waals surface area (Å²) in [5.41, 5.74) is 2.46. The second kappa shape index (κ2) is 7.80. The topological polar surface area (TPSA) is 77.1 Å². The van der Waals surface area contributed by atoms with Gasteiger partial charge in [-0.2, -0.15) is 0 Å². The Bertz CT molecular complexity index is 897. The van der Waals surface area contributed by atoms with Gasteiger partial charge in [0.1, 0.15) is 0 Å². The summed E-state index contributed by atoms with van der Waals surface area (Å²) in [6, 6.07) is 11.8. The van der Waals surface area contributed by atoms with Crippen molar-refractivity contribution in [3.8, 4) is 17.2 Å². The van der Waals surface area contributed by atoms with E-state index in [2.05, 4.69) is 5.32 Å². The standard InChI is InChI=1S/C21H22N2O5/c1-23-10-8-15-11-16-19(28-13-27-16)20(18(15)21(23)25)26-12-17(24)22-9-7-14-5-3-2-4-6-14/h2-6,11H,7-10,12-13H2,1H3,(H,22,24). The maximum Gasteiger partial charge on any atom is 0.257 e. The number of carbonyl (C=O) groups is 2. The molecule has 7 nitrogen and oxygen atoms in total. The minimum atomic E-state index is -0.252. The molecule has 2 aliphatic rings. The lowest BCUT2D eigenvalue weighted by Gasteiger charge is -2.27. The summed E-state index contributed by atoms with van der Waals surface area (Å²) in [5, 5.41) is 2.84. The van der Waals surface area contributed by atoms with E-state index in [4.69, 9.17) is 14.2 Å². The van der Waals surface area contributed by atoms with Gasteiger partial charge in [-0.15, -0.1) is 0 Å². The van der Waals surface area contributed by atoms with Gasteiger partial charge in [0.2, 0.25) is 12.5 Å². The zero-order valence-corrected chi connectivity index (χ0v) is 15.7. The van der Waals surface area contributed by atoms with E-state index in [0.717, 1.165) is 17.5 Å². The quantitative estimate of drug-likeness (QED) is 0.824. The first kappa shape index (κ1) is 18.2.